The van der Waals surface area contributed by atoms with Crippen LogP contribution in [0.15, 0.2) is 24.4 Å². The van der Waals surface area contributed by atoms with Gasteiger partial charge in [-0.05, 0) is 13.0 Å². The molecule has 0 saturated heterocycles. The first-order valence-corrected chi connectivity index (χ1v) is 6.34. The Balaban J connectivity index is 2.22. The zero-order valence-corrected chi connectivity index (χ0v) is 11.3. The van der Waals surface area contributed by atoms with Crippen LogP contribution in [0.4, 0.5) is 10.7 Å². The first-order valence-electron chi connectivity index (χ1n) is 5.15. The van der Waals surface area contributed by atoms with Crippen molar-refractivity contribution in [3.63, 3.8) is 0 Å². The Morgan fingerprint density at radius 2 is 2.26 bits per heavy atom. The average molecular weight is 298 g/mol. The standard InChI is InChI=1S/C11H8ClN3O3S/c1-6-13-5-10(19-6)14-11(16)8-3-2-7(15(17)18)4-9(8)12/h2-5H,1H3,(H,14,16). The third-order valence-corrected chi connectivity index (χ3v) is 3.41. The molecule has 0 spiro atoms. The summed E-state index contributed by atoms with van der Waals surface area (Å²) in [5.41, 5.74) is 0.0218. The van der Waals surface area contributed by atoms with Crippen LogP contribution in [0, 0.1) is 17.0 Å². The van der Waals surface area contributed by atoms with Crippen molar-refractivity contribution in [2.75, 3.05) is 5.32 Å². The lowest BCUT2D eigenvalue weighted by atomic mass is 10.2. The summed E-state index contributed by atoms with van der Waals surface area (Å²) in [6, 6.07) is 3.71. The van der Waals surface area contributed by atoms with E-state index in [2.05, 4.69) is 10.3 Å². The molecule has 0 atom stereocenters. The molecular weight excluding hydrogens is 290 g/mol. The van der Waals surface area contributed by atoms with Crippen molar-refractivity contribution in [3.05, 3.63) is 50.1 Å². The van der Waals surface area contributed by atoms with E-state index in [-0.39, 0.29) is 16.3 Å². The van der Waals surface area contributed by atoms with Crippen LogP contribution in [-0.4, -0.2) is 15.8 Å². The van der Waals surface area contributed by atoms with Gasteiger partial charge >= 0.3 is 0 Å². The second-order valence-corrected chi connectivity index (χ2v) is 5.26. The first kappa shape index (κ1) is 13.4. The maximum atomic E-state index is 11.9. The predicted molar refractivity (Wildman–Crippen MR) is 72.9 cm³/mol. The lowest BCUT2D eigenvalue weighted by Gasteiger charge is -2.04. The van der Waals surface area contributed by atoms with Gasteiger partial charge in [0.15, 0.2) is 0 Å². The largest absolute Gasteiger partial charge is 0.312 e. The van der Waals surface area contributed by atoms with Crippen LogP contribution < -0.4 is 5.32 Å². The van der Waals surface area contributed by atoms with E-state index >= 15 is 0 Å². The summed E-state index contributed by atoms with van der Waals surface area (Å²) in [6.07, 6.45) is 1.54. The Morgan fingerprint density at radius 1 is 1.53 bits per heavy atom. The van der Waals surface area contributed by atoms with E-state index < -0.39 is 10.8 Å². The van der Waals surface area contributed by atoms with Crippen molar-refractivity contribution in [2.24, 2.45) is 0 Å². The molecule has 0 radical (unpaired) electrons. The summed E-state index contributed by atoms with van der Waals surface area (Å²) >= 11 is 7.19. The van der Waals surface area contributed by atoms with Gasteiger partial charge in [0.2, 0.25) is 0 Å². The molecule has 2 rings (SSSR count). The number of halogens is 1. The Bertz CT molecular complexity index is 656. The van der Waals surface area contributed by atoms with Gasteiger partial charge in [0, 0.05) is 12.1 Å². The Hall–Kier alpha value is -1.99. The number of carbonyl (C=O) groups excluding carboxylic acids is 1. The number of nitrogens with one attached hydrogen (secondary N) is 1. The molecule has 1 heterocycles. The van der Waals surface area contributed by atoms with Crippen LogP contribution in [0.2, 0.25) is 5.02 Å². The summed E-state index contributed by atoms with van der Waals surface area (Å²) < 4.78 is 0. The lowest BCUT2D eigenvalue weighted by molar-refractivity contribution is -0.384. The molecule has 19 heavy (non-hydrogen) atoms. The van der Waals surface area contributed by atoms with Gasteiger partial charge in [-0.3, -0.25) is 14.9 Å². The number of hydrogen-bond acceptors (Lipinski definition) is 5. The van der Waals surface area contributed by atoms with E-state index in [1.54, 1.807) is 0 Å². The number of nitro groups is 1. The molecule has 1 amide bonds. The van der Waals surface area contributed by atoms with E-state index in [0.717, 1.165) is 11.1 Å². The second kappa shape index (κ2) is 5.33. The molecule has 98 valence electrons. The first-order chi connectivity index (χ1) is 8.97. The molecule has 2 aromatic rings. The minimum atomic E-state index is -0.569. The average Bonchev–Trinajstić information content (AvgIpc) is 2.74. The summed E-state index contributed by atoms with van der Waals surface area (Å²) in [6.45, 7) is 1.82. The van der Waals surface area contributed by atoms with Gasteiger partial charge in [0.1, 0.15) is 5.00 Å². The summed E-state index contributed by atoms with van der Waals surface area (Å²) in [5, 5.41) is 14.7. The number of amides is 1. The van der Waals surface area contributed by atoms with E-state index in [9.17, 15) is 14.9 Å². The third-order valence-electron chi connectivity index (χ3n) is 2.27. The number of aromatic nitrogens is 1. The van der Waals surface area contributed by atoms with Crippen molar-refractivity contribution in [1.82, 2.24) is 4.98 Å². The molecule has 0 aliphatic carbocycles. The molecule has 1 aromatic heterocycles. The fourth-order valence-electron chi connectivity index (χ4n) is 1.40. The highest BCUT2D eigenvalue weighted by Crippen LogP contribution is 2.24. The van der Waals surface area contributed by atoms with Crippen LogP contribution in [0.25, 0.3) is 0 Å². The van der Waals surface area contributed by atoms with Crippen LogP contribution in [-0.2, 0) is 0 Å². The Labute approximate surface area is 117 Å². The van der Waals surface area contributed by atoms with Gasteiger partial charge in [0.05, 0.1) is 26.7 Å². The lowest BCUT2D eigenvalue weighted by Crippen LogP contribution is -2.11. The molecule has 0 fully saturated rings. The Kier molecular flexibility index (Phi) is 3.77. The number of nitrogens with zero attached hydrogens (tertiary/aromatic N) is 2. The number of nitro benzene ring substituents is 1. The van der Waals surface area contributed by atoms with E-state index in [1.807, 2.05) is 6.92 Å². The topological polar surface area (TPSA) is 85.1 Å². The van der Waals surface area contributed by atoms with Crippen molar-refractivity contribution in [1.29, 1.82) is 0 Å². The van der Waals surface area contributed by atoms with E-state index in [4.69, 9.17) is 11.6 Å². The molecule has 1 aromatic carbocycles. The molecule has 0 bridgehead atoms. The normalized spacial score (nSPS) is 10.2. The van der Waals surface area contributed by atoms with E-state index in [1.165, 1.54) is 29.7 Å². The molecule has 8 heteroatoms. The number of carbonyl (C=O) groups is 1. The maximum absolute atomic E-state index is 11.9. The van der Waals surface area contributed by atoms with Crippen molar-refractivity contribution >= 4 is 39.5 Å². The maximum Gasteiger partial charge on any atom is 0.270 e. The number of rotatable bonds is 3. The van der Waals surface area contributed by atoms with Crippen molar-refractivity contribution in [2.45, 2.75) is 6.92 Å². The third kappa shape index (κ3) is 3.07. The van der Waals surface area contributed by atoms with Gasteiger partial charge < -0.3 is 5.32 Å². The highest BCUT2D eigenvalue weighted by Gasteiger charge is 2.15. The summed E-state index contributed by atoms with van der Waals surface area (Å²) in [4.78, 5) is 25.9. The van der Waals surface area contributed by atoms with Crippen LogP contribution in [0.1, 0.15) is 15.4 Å². The minimum Gasteiger partial charge on any atom is -0.312 e. The second-order valence-electron chi connectivity index (χ2n) is 3.62. The molecule has 0 saturated carbocycles. The molecule has 6 nitrogen and oxygen atoms in total. The SMILES string of the molecule is Cc1ncc(NC(=O)c2ccc([N+](=O)[O-])cc2Cl)s1. The summed E-state index contributed by atoms with van der Waals surface area (Å²) in [7, 11) is 0. The zero-order chi connectivity index (χ0) is 14.0. The zero-order valence-electron chi connectivity index (χ0n) is 9.71. The minimum absolute atomic E-state index is 0.0351. The molecular formula is C11H8ClN3O3S. The molecule has 1 N–H and O–H groups in total. The number of anilines is 1. The van der Waals surface area contributed by atoms with Gasteiger partial charge in [0.25, 0.3) is 11.6 Å². The van der Waals surface area contributed by atoms with Crippen LogP contribution >= 0.6 is 22.9 Å². The number of non-ortho nitro benzene ring substituents is 1. The van der Waals surface area contributed by atoms with E-state index in [0.29, 0.717) is 5.00 Å². The summed E-state index contributed by atoms with van der Waals surface area (Å²) in [5.74, 6) is -0.427. The molecule has 0 aliphatic heterocycles. The quantitative estimate of drug-likeness (QED) is 0.696. The van der Waals surface area contributed by atoms with Gasteiger partial charge in [-0.25, -0.2) is 4.98 Å². The van der Waals surface area contributed by atoms with Crippen molar-refractivity contribution in [3.8, 4) is 0 Å². The highest BCUT2D eigenvalue weighted by atomic mass is 35.5. The smallest absolute Gasteiger partial charge is 0.270 e. The number of benzene rings is 1. The predicted octanol–water partition coefficient (Wildman–Crippen LogP) is 3.27. The van der Waals surface area contributed by atoms with Crippen molar-refractivity contribution < 1.29 is 9.72 Å². The van der Waals surface area contributed by atoms with Crippen LogP contribution in [0.3, 0.4) is 0 Å². The monoisotopic (exact) mass is 297 g/mol. The van der Waals surface area contributed by atoms with Gasteiger partial charge in [-0.15, -0.1) is 11.3 Å². The van der Waals surface area contributed by atoms with Crippen LogP contribution in [0.5, 0.6) is 0 Å². The fourth-order valence-corrected chi connectivity index (χ4v) is 2.33. The Morgan fingerprint density at radius 3 is 2.79 bits per heavy atom. The number of hydrogen-bond donors (Lipinski definition) is 1. The molecule has 0 aliphatic rings. The number of aryl methyl sites for hydroxylation is 1. The fraction of sp³-hybridized carbons (Fsp3) is 0.0909. The van der Waals surface area contributed by atoms with Gasteiger partial charge in [-0.2, -0.15) is 0 Å². The number of thiazole rings is 1. The molecule has 0 unspecified atom stereocenters. The van der Waals surface area contributed by atoms with Gasteiger partial charge in [-0.1, -0.05) is 11.6 Å². The highest BCUT2D eigenvalue weighted by molar-refractivity contribution is 7.15.